The molecule has 2 aliphatic heterocycles. The highest BCUT2D eigenvalue weighted by Gasteiger charge is 2.27. The molecule has 2 saturated heterocycles. The number of hydrogen-bond acceptors (Lipinski definition) is 2. The lowest BCUT2D eigenvalue weighted by molar-refractivity contribution is 0.162. The summed E-state index contributed by atoms with van der Waals surface area (Å²) in [6.45, 7) is 6.22. The molecule has 0 aliphatic carbocycles. The fourth-order valence-electron chi connectivity index (χ4n) is 3.58. The highest BCUT2D eigenvalue weighted by Crippen LogP contribution is 2.24. The van der Waals surface area contributed by atoms with E-state index in [2.05, 4.69) is 15.9 Å². The van der Waals surface area contributed by atoms with E-state index in [0.717, 1.165) is 19.0 Å². The van der Waals surface area contributed by atoms with Gasteiger partial charge >= 0.3 is 0 Å². The third kappa shape index (κ3) is 4.13. The molecule has 1 atom stereocenters. The van der Waals surface area contributed by atoms with Crippen molar-refractivity contribution in [2.24, 2.45) is 0 Å². The summed E-state index contributed by atoms with van der Waals surface area (Å²) < 4.78 is 0. The summed E-state index contributed by atoms with van der Waals surface area (Å²) in [5.41, 5.74) is 1.28. The lowest BCUT2D eigenvalue weighted by Gasteiger charge is -2.32. The minimum atomic E-state index is 0.645. The van der Waals surface area contributed by atoms with E-state index in [1.165, 1.54) is 57.4 Å². The van der Waals surface area contributed by atoms with Crippen LogP contribution in [-0.4, -0.2) is 48.6 Å². The predicted octanol–water partition coefficient (Wildman–Crippen LogP) is 4.10. The molecule has 0 saturated carbocycles. The van der Waals surface area contributed by atoms with Crippen molar-refractivity contribution in [2.75, 3.05) is 32.7 Å². The van der Waals surface area contributed by atoms with Gasteiger partial charge in [-0.05, 0) is 63.0 Å². The first-order valence-electron chi connectivity index (χ1n) is 8.13. The van der Waals surface area contributed by atoms with E-state index < -0.39 is 0 Å². The second-order valence-electron chi connectivity index (χ2n) is 6.34. The third-order valence-corrected chi connectivity index (χ3v) is 5.59. The summed E-state index contributed by atoms with van der Waals surface area (Å²) in [6, 6.07) is 6.79. The van der Waals surface area contributed by atoms with Crippen LogP contribution in [0.25, 0.3) is 0 Å². The van der Waals surface area contributed by atoms with Gasteiger partial charge in [0.2, 0.25) is 0 Å². The van der Waals surface area contributed by atoms with Crippen LogP contribution in [-0.2, 0) is 6.42 Å². The molecule has 0 radical (unpaired) electrons. The normalized spacial score (nSPS) is 24.6. The molecule has 2 fully saturated rings. The monoisotopic (exact) mass is 326 g/mol. The van der Waals surface area contributed by atoms with Crippen LogP contribution in [0.4, 0.5) is 0 Å². The molecule has 116 valence electrons. The lowest BCUT2D eigenvalue weighted by atomic mass is 10.1. The second-order valence-corrected chi connectivity index (χ2v) is 7.15. The van der Waals surface area contributed by atoms with Gasteiger partial charge in [0.05, 0.1) is 10.0 Å². The van der Waals surface area contributed by atoms with E-state index in [1.54, 1.807) is 0 Å². The van der Waals surface area contributed by atoms with Gasteiger partial charge in [-0.3, -0.25) is 4.90 Å². The zero-order chi connectivity index (χ0) is 14.7. The van der Waals surface area contributed by atoms with Crippen molar-refractivity contribution in [1.82, 2.24) is 9.80 Å². The minimum absolute atomic E-state index is 0.645. The SMILES string of the molecule is Clc1ccc(CCN2CCC(N3CCCCC3)C2)cc1Cl. The van der Waals surface area contributed by atoms with Gasteiger partial charge in [-0.1, -0.05) is 35.7 Å². The van der Waals surface area contributed by atoms with Gasteiger partial charge in [-0.15, -0.1) is 0 Å². The highest BCUT2D eigenvalue weighted by atomic mass is 35.5. The third-order valence-electron chi connectivity index (χ3n) is 4.86. The smallest absolute Gasteiger partial charge is 0.0595 e. The maximum atomic E-state index is 6.08. The first-order chi connectivity index (χ1) is 10.2. The van der Waals surface area contributed by atoms with Crippen molar-refractivity contribution < 1.29 is 0 Å². The summed E-state index contributed by atoms with van der Waals surface area (Å²) in [5.74, 6) is 0. The number of hydrogen-bond donors (Lipinski definition) is 0. The van der Waals surface area contributed by atoms with Crippen molar-refractivity contribution in [1.29, 1.82) is 0 Å². The average molecular weight is 327 g/mol. The van der Waals surface area contributed by atoms with Crippen LogP contribution in [0, 0.1) is 0 Å². The van der Waals surface area contributed by atoms with E-state index in [1.807, 2.05) is 12.1 Å². The summed E-state index contributed by atoms with van der Waals surface area (Å²) >= 11 is 12.0. The van der Waals surface area contributed by atoms with Gasteiger partial charge in [-0.25, -0.2) is 0 Å². The Balaban J connectivity index is 1.47. The average Bonchev–Trinajstić information content (AvgIpc) is 2.98. The molecular weight excluding hydrogens is 303 g/mol. The largest absolute Gasteiger partial charge is 0.301 e. The summed E-state index contributed by atoms with van der Waals surface area (Å²) in [4.78, 5) is 5.31. The molecule has 1 aromatic carbocycles. The minimum Gasteiger partial charge on any atom is -0.301 e. The Bertz CT molecular complexity index is 472. The Labute approximate surface area is 138 Å². The number of halogens is 2. The van der Waals surface area contributed by atoms with E-state index in [4.69, 9.17) is 23.2 Å². The van der Waals surface area contributed by atoms with Gasteiger partial charge in [0.15, 0.2) is 0 Å². The van der Waals surface area contributed by atoms with E-state index in [-0.39, 0.29) is 0 Å². The predicted molar refractivity (Wildman–Crippen MR) is 90.4 cm³/mol. The van der Waals surface area contributed by atoms with Gasteiger partial charge < -0.3 is 4.90 Å². The molecular formula is C17H24Cl2N2. The van der Waals surface area contributed by atoms with Crippen LogP contribution in [0.2, 0.25) is 10.0 Å². The zero-order valence-corrected chi connectivity index (χ0v) is 14.0. The molecule has 0 aromatic heterocycles. The van der Waals surface area contributed by atoms with Crippen LogP contribution >= 0.6 is 23.2 Å². The summed E-state index contributed by atoms with van der Waals surface area (Å²) in [7, 11) is 0. The van der Waals surface area contributed by atoms with Gasteiger partial charge in [-0.2, -0.15) is 0 Å². The lowest BCUT2D eigenvalue weighted by Crippen LogP contribution is -2.41. The number of rotatable bonds is 4. The molecule has 0 amide bonds. The van der Waals surface area contributed by atoms with E-state index >= 15 is 0 Å². The fraction of sp³-hybridized carbons (Fsp3) is 0.647. The molecule has 0 N–H and O–H groups in total. The van der Waals surface area contributed by atoms with Gasteiger partial charge in [0.25, 0.3) is 0 Å². The number of piperidine rings is 1. The molecule has 2 nitrogen and oxygen atoms in total. The number of likely N-dealkylation sites (tertiary alicyclic amines) is 2. The molecule has 3 rings (SSSR count). The Hall–Kier alpha value is -0.280. The van der Waals surface area contributed by atoms with E-state index in [0.29, 0.717) is 10.0 Å². The molecule has 1 aromatic rings. The maximum Gasteiger partial charge on any atom is 0.0595 e. The van der Waals surface area contributed by atoms with Crippen molar-refractivity contribution >= 4 is 23.2 Å². The standard InChI is InChI=1S/C17H24Cl2N2/c18-16-5-4-14(12-17(16)19)6-10-20-11-7-15(13-20)21-8-2-1-3-9-21/h4-5,12,15H,1-3,6-11,13H2. The fourth-order valence-corrected chi connectivity index (χ4v) is 3.90. The van der Waals surface area contributed by atoms with Crippen molar-refractivity contribution in [3.05, 3.63) is 33.8 Å². The van der Waals surface area contributed by atoms with Crippen molar-refractivity contribution in [3.63, 3.8) is 0 Å². The molecule has 0 spiro atoms. The first kappa shape index (κ1) is 15.6. The highest BCUT2D eigenvalue weighted by molar-refractivity contribution is 6.42. The van der Waals surface area contributed by atoms with Gasteiger partial charge in [0, 0.05) is 19.1 Å². The Morgan fingerprint density at radius 2 is 1.81 bits per heavy atom. The summed E-state index contributed by atoms with van der Waals surface area (Å²) in [5, 5.41) is 1.31. The van der Waals surface area contributed by atoms with Crippen LogP contribution < -0.4 is 0 Å². The first-order valence-corrected chi connectivity index (χ1v) is 8.88. The van der Waals surface area contributed by atoms with Gasteiger partial charge in [0.1, 0.15) is 0 Å². The number of benzene rings is 1. The Morgan fingerprint density at radius 3 is 2.57 bits per heavy atom. The Morgan fingerprint density at radius 1 is 1.00 bits per heavy atom. The quantitative estimate of drug-likeness (QED) is 0.822. The summed E-state index contributed by atoms with van der Waals surface area (Å²) in [6.07, 6.45) is 6.59. The zero-order valence-electron chi connectivity index (χ0n) is 12.5. The molecule has 0 bridgehead atoms. The number of nitrogens with zero attached hydrogens (tertiary/aromatic N) is 2. The van der Waals surface area contributed by atoms with Crippen LogP contribution in [0.1, 0.15) is 31.2 Å². The molecule has 1 unspecified atom stereocenters. The van der Waals surface area contributed by atoms with E-state index in [9.17, 15) is 0 Å². The van der Waals surface area contributed by atoms with Crippen molar-refractivity contribution in [3.8, 4) is 0 Å². The molecule has 4 heteroatoms. The molecule has 2 aliphatic rings. The maximum absolute atomic E-state index is 6.08. The van der Waals surface area contributed by atoms with Crippen LogP contribution in [0.3, 0.4) is 0 Å². The molecule has 2 heterocycles. The van der Waals surface area contributed by atoms with Crippen LogP contribution in [0.15, 0.2) is 18.2 Å². The second kappa shape index (κ2) is 7.32. The Kier molecular flexibility index (Phi) is 5.44. The molecule has 21 heavy (non-hydrogen) atoms. The van der Waals surface area contributed by atoms with Crippen LogP contribution in [0.5, 0.6) is 0 Å². The topological polar surface area (TPSA) is 6.48 Å². The van der Waals surface area contributed by atoms with Crippen molar-refractivity contribution in [2.45, 2.75) is 38.1 Å².